The highest BCUT2D eigenvalue weighted by Crippen LogP contribution is 2.44. The number of aromatic nitrogens is 1. The number of halogens is 1. The van der Waals surface area contributed by atoms with Gasteiger partial charge in [-0.15, -0.1) is 35.3 Å². The molecule has 0 aliphatic heterocycles. The van der Waals surface area contributed by atoms with Crippen LogP contribution in [0.4, 0.5) is 0 Å². The molecule has 0 radical (unpaired) electrons. The largest absolute Gasteiger partial charge is 0.353 e. The van der Waals surface area contributed by atoms with Crippen molar-refractivity contribution in [3.63, 3.8) is 0 Å². The summed E-state index contributed by atoms with van der Waals surface area (Å²) in [6, 6.07) is 0.552. The van der Waals surface area contributed by atoms with E-state index in [1.165, 1.54) is 6.42 Å². The number of thiazole rings is 1. The third kappa shape index (κ3) is 4.30. The van der Waals surface area contributed by atoms with Crippen LogP contribution in [0, 0.1) is 12.3 Å². The number of nitrogens with zero attached hydrogens (tertiary/aromatic N) is 3. The number of aryl methyl sites for hydroxylation is 1. The first-order chi connectivity index (χ1) is 8.42. The van der Waals surface area contributed by atoms with Crippen molar-refractivity contribution < 1.29 is 0 Å². The van der Waals surface area contributed by atoms with Crippen molar-refractivity contribution in [3.05, 3.63) is 16.1 Å². The van der Waals surface area contributed by atoms with Crippen LogP contribution in [0.15, 0.2) is 10.4 Å². The Morgan fingerprint density at radius 2 is 2.26 bits per heavy atom. The van der Waals surface area contributed by atoms with Gasteiger partial charge < -0.3 is 10.2 Å². The van der Waals surface area contributed by atoms with Crippen LogP contribution in [0.1, 0.15) is 31.0 Å². The molecule has 1 aromatic heterocycles. The summed E-state index contributed by atoms with van der Waals surface area (Å²) < 4.78 is 0. The van der Waals surface area contributed by atoms with E-state index in [0.29, 0.717) is 11.5 Å². The van der Waals surface area contributed by atoms with Crippen molar-refractivity contribution in [1.82, 2.24) is 15.2 Å². The second-order valence-electron chi connectivity index (χ2n) is 5.65. The first-order valence-corrected chi connectivity index (χ1v) is 7.16. The molecule has 0 aromatic carbocycles. The van der Waals surface area contributed by atoms with Crippen LogP contribution in [0.2, 0.25) is 0 Å². The van der Waals surface area contributed by atoms with Crippen LogP contribution >= 0.6 is 35.3 Å². The van der Waals surface area contributed by atoms with E-state index in [1.807, 2.05) is 14.0 Å². The van der Waals surface area contributed by atoms with Gasteiger partial charge in [-0.05, 0) is 18.8 Å². The van der Waals surface area contributed by atoms with Gasteiger partial charge in [0.1, 0.15) is 0 Å². The topological polar surface area (TPSA) is 40.5 Å². The molecule has 1 aromatic rings. The second-order valence-corrected chi connectivity index (χ2v) is 6.71. The summed E-state index contributed by atoms with van der Waals surface area (Å²) in [6.45, 7) is 7.40. The lowest BCUT2D eigenvalue weighted by molar-refractivity contribution is 0.461. The summed E-state index contributed by atoms with van der Waals surface area (Å²) in [5.41, 5.74) is 1.52. The monoisotopic (exact) mass is 394 g/mol. The third-order valence-corrected chi connectivity index (χ3v) is 4.28. The Hall–Kier alpha value is -0.370. The van der Waals surface area contributed by atoms with Gasteiger partial charge in [-0.3, -0.25) is 4.99 Å². The fraction of sp³-hybridized carbons (Fsp3) is 0.692. The smallest absolute Gasteiger partial charge is 0.193 e. The molecule has 1 unspecified atom stereocenters. The lowest BCUT2D eigenvalue weighted by Crippen LogP contribution is -2.40. The molecule has 2 rings (SSSR count). The van der Waals surface area contributed by atoms with Crippen molar-refractivity contribution in [2.24, 2.45) is 10.4 Å². The van der Waals surface area contributed by atoms with Crippen LogP contribution in [0.5, 0.6) is 0 Å². The highest BCUT2D eigenvalue weighted by molar-refractivity contribution is 14.0. The Morgan fingerprint density at radius 1 is 1.63 bits per heavy atom. The Balaban J connectivity index is 0.00000180. The van der Waals surface area contributed by atoms with Crippen molar-refractivity contribution >= 4 is 41.3 Å². The highest BCUT2D eigenvalue weighted by Gasteiger charge is 2.46. The SMILES string of the molecule is CN=C(NC1CC1(C)C)N(C)Cc1csc(C)n1.I. The fourth-order valence-corrected chi connectivity index (χ4v) is 2.62. The minimum absolute atomic E-state index is 0. The van der Waals surface area contributed by atoms with Crippen molar-refractivity contribution in [2.45, 2.75) is 39.8 Å². The maximum atomic E-state index is 4.48. The Labute approximate surface area is 136 Å². The molecule has 19 heavy (non-hydrogen) atoms. The minimum atomic E-state index is 0. The Morgan fingerprint density at radius 3 is 2.68 bits per heavy atom. The molecular weight excluding hydrogens is 371 g/mol. The van der Waals surface area contributed by atoms with E-state index in [2.05, 4.69) is 46.5 Å². The molecule has 0 amide bonds. The van der Waals surface area contributed by atoms with Crippen LogP contribution in [-0.2, 0) is 6.54 Å². The fourth-order valence-electron chi connectivity index (χ4n) is 2.01. The average Bonchev–Trinajstić information content (AvgIpc) is 2.68. The summed E-state index contributed by atoms with van der Waals surface area (Å²) in [5, 5.41) is 6.74. The molecule has 1 N–H and O–H groups in total. The lowest BCUT2D eigenvalue weighted by atomic mass is 10.2. The minimum Gasteiger partial charge on any atom is -0.353 e. The number of aliphatic imine (C=N–C) groups is 1. The van der Waals surface area contributed by atoms with E-state index >= 15 is 0 Å². The molecule has 1 heterocycles. The van der Waals surface area contributed by atoms with Gasteiger partial charge in [-0.25, -0.2) is 4.98 Å². The lowest BCUT2D eigenvalue weighted by Gasteiger charge is -2.22. The van der Waals surface area contributed by atoms with Crippen LogP contribution in [0.25, 0.3) is 0 Å². The summed E-state index contributed by atoms with van der Waals surface area (Å²) in [7, 11) is 3.89. The molecule has 0 saturated heterocycles. The van der Waals surface area contributed by atoms with Gasteiger partial charge in [0.2, 0.25) is 0 Å². The third-order valence-electron chi connectivity index (χ3n) is 3.46. The van der Waals surface area contributed by atoms with E-state index in [0.717, 1.165) is 23.2 Å². The first-order valence-electron chi connectivity index (χ1n) is 6.28. The number of guanidine groups is 1. The van der Waals surface area contributed by atoms with Crippen molar-refractivity contribution in [1.29, 1.82) is 0 Å². The zero-order valence-corrected chi connectivity index (χ0v) is 15.4. The normalized spacial score (nSPS) is 20.7. The second kappa shape index (κ2) is 6.39. The molecule has 0 bridgehead atoms. The standard InChI is InChI=1S/C13H22N4S.HI/c1-9-15-10(8-18-9)7-17(5)12(14-4)16-11-6-13(11,2)3;/h8,11H,6-7H2,1-5H3,(H,14,16);1H. The van der Waals surface area contributed by atoms with Gasteiger partial charge >= 0.3 is 0 Å². The number of nitrogens with one attached hydrogen (secondary N) is 1. The van der Waals surface area contributed by atoms with Crippen LogP contribution < -0.4 is 5.32 Å². The molecule has 1 atom stereocenters. The molecule has 1 aliphatic carbocycles. The summed E-state index contributed by atoms with van der Waals surface area (Å²) in [4.78, 5) is 11.0. The van der Waals surface area contributed by atoms with Crippen LogP contribution in [-0.4, -0.2) is 36.0 Å². The van der Waals surface area contributed by atoms with E-state index in [-0.39, 0.29) is 24.0 Å². The maximum absolute atomic E-state index is 4.48. The van der Waals surface area contributed by atoms with Crippen molar-refractivity contribution in [3.8, 4) is 0 Å². The van der Waals surface area contributed by atoms with Gasteiger partial charge in [0.05, 0.1) is 17.2 Å². The predicted molar refractivity (Wildman–Crippen MR) is 92.4 cm³/mol. The van der Waals surface area contributed by atoms with Crippen molar-refractivity contribution in [2.75, 3.05) is 14.1 Å². The Bertz CT molecular complexity index is 455. The summed E-state index contributed by atoms with van der Waals surface area (Å²) in [6.07, 6.45) is 1.22. The number of hydrogen-bond acceptors (Lipinski definition) is 3. The first kappa shape index (κ1) is 16.7. The predicted octanol–water partition coefficient (Wildman–Crippen LogP) is 2.88. The van der Waals surface area contributed by atoms with E-state index < -0.39 is 0 Å². The summed E-state index contributed by atoms with van der Waals surface area (Å²) in [5.74, 6) is 0.955. The zero-order valence-electron chi connectivity index (χ0n) is 12.2. The van der Waals surface area contributed by atoms with Gasteiger partial charge in [0.25, 0.3) is 0 Å². The van der Waals surface area contributed by atoms with Gasteiger partial charge in [0, 0.05) is 25.5 Å². The molecule has 4 nitrogen and oxygen atoms in total. The molecule has 108 valence electrons. The molecule has 0 spiro atoms. The van der Waals surface area contributed by atoms with E-state index in [9.17, 15) is 0 Å². The molecule has 1 saturated carbocycles. The average molecular weight is 394 g/mol. The molecular formula is C13H23IN4S. The van der Waals surface area contributed by atoms with E-state index in [1.54, 1.807) is 11.3 Å². The van der Waals surface area contributed by atoms with Gasteiger partial charge in [-0.2, -0.15) is 0 Å². The maximum Gasteiger partial charge on any atom is 0.193 e. The highest BCUT2D eigenvalue weighted by atomic mass is 127. The molecule has 6 heteroatoms. The molecule has 1 aliphatic rings. The van der Waals surface area contributed by atoms with Crippen LogP contribution in [0.3, 0.4) is 0 Å². The van der Waals surface area contributed by atoms with Gasteiger partial charge in [0.15, 0.2) is 5.96 Å². The zero-order chi connectivity index (χ0) is 13.3. The van der Waals surface area contributed by atoms with Gasteiger partial charge in [-0.1, -0.05) is 13.8 Å². The molecule has 1 fully saturated rings. The quantitative estimate of drug-likeness (QED) is 0.487. The van der Waals surface area contributed by atoms with E-state index in [4.69, 9.17) is 0 Å². The number of hydrogen-bond donors (Lipinski definition) is 1. The Kier molecular flexibility index (Phi) is 5.61. The summed E-state index contributed by atoms with van der Waals surface area (Å²) >= 11 is 1.69. The number of rotatable bonds is 3.